The molecule has 0 saturated carbocycles. The predicted molar refractivity (Wildman–Crippen MR) is 65.7 cm³/mol. The number of carbonyl (C=O) groups excluding carboxylic acids is 2. The van der Waals surface area contributed by atoms with Gasteiger partial charge in [0.1, 0.15) is 6.04 Å². The van der Waals surface area contributed by atoms with Crippen LogP contribution in [0.3, 0.4) is 0 Å². The smallest absolute Gasteiger partial charge is 0.332 e. The van der Waals surface area contributed by atoms with Crippen LogP contribution in [0.4, 0.5) is 4.79 Å². The van der Waals surface area contributed by atoms with Crippen molar-refractivity contribution in [1.29, 1.82) is 0 Å². The zero-order valence-corrected chi connectivity index (χ0v) is 9.79. The average Bonchev–Trinajstić information content (AvgIpc) is 2.38. The fraction of sp³-hybridized carbons (Fsp3) is 0.182. The van der Waals surface area contributed by atoms with Crippen molar-refractivity contribution in [2.75, 3.05) is 7.11 Å². The molecule has 1 rings (SSSR count). The summed E-state index contributed by atoms with van der Waals surface area (Å²) >= 11 is 0. The Labute approximate surface area is 104 Å². The van der Waals surface area contributed by atoms with Gasteiger partial charge in [0.05, 0.1) is 12.8 Å². The van der Waals surface area contributed by atoms with Crippen LogP contribution in [0.25, 0.3) is 0 Å². The van der Waals surface area contributed by atoms with Crippen LogP contribution in [0.1, 0.15) is 5.56 Å². The highest BCUT2D eigenvalue weighted by molar-refractivity contribution is 6.15. The van der Waals surface area contributed by atoms with E-state index in [2.05, 4.69) is 9.84 Å². The van der Waals surface area contributed by atoms with E-state index in [4.69, 9.17) is 11.5 Å². The minimum Gasteiger partial charge on any atom is -0.468 e. The fourth-order valence-corrected chi connectivity index (χ4v) is 1.28. The number of amides is 2. The molecule has 1 aromatic rings. The van der Waals surface area contributed by atoms with E-state index in [0.29, 0.717) is 5.56 Å². The Kier molecular flexibility index (Phi) is 4.82. The zero-order chi connectivity index (χ0) is 13.5. The summed E-state index contributed by atoms with van der Waals surface area (Å²) in [5.41, 5.74) is 13.4. The maximum Gasteiger partial charge on any atom is 0.332 e. The molecule has 96 valence electrons. The standard InChI is InChI=1S/C11H14N4O3/c1-18-10(16)8(12)9(14-15-11(13)17)7-5-3-2-4-6-7/h2-6,8H,12H2,1H3,(H3,13,15,17)/b14-9+. The summed E-state index contributed by atoms with van der Waals surface area (Å²) < 4.78 is 4.53. The molecule has 0 aliphatic carbocycles. The van der Waals surface area contributed by atoms with E-state index < -0.39 is 18.0 Å². The normalized spacial score (nSPS) is 12.7. The lowest BCUT2D eigenvalue weighted by atomic mass is 10.0. The van der Waals surface area contributed by atoms with Gasteiger partial charge >= 0.3 is 12.0 Å². The van der Waals surface area contributed by atoms with Crippen molar-refractivity contribution in [2.45, 2.75) is 6.04 Å². The number of ether oxygens (including phenoxy) is 1. The molecule has 7 heteroatoms. The Bertz CT molecular complexity index is 459. The number of nitrogens with two attached hydrogens (primary N) is 2. The van der Waals surface area contributed by atoms with Crippen LogP contribution in [-0.2, 0) is 9.53 Å². The highest BCUT2D eigenvalue weighted by atomic mass is 16.5. The van der Waals surface area contributed by atoms with Gasteiger partial charge in [-0.2, -0.15) is 5.10 Å². The van der Waals surface area contributed by atoms with Gasteiger partial charge in [-0.1, -0.05) is 30.3 Å². The van der Waals surface area contributed by atoms with Crippen LogP contribution in [-0.4, -0.2) is 30.9 Å². The summed E-state index contributed by atoms with van der Waals surface area (Å²) in [6.45, 7) is 0. The number of hydrogen-bond donors (Lipinski definition) is 3. The van der Waals surface area contributed by atoms with E-state index in [0.717, 1.165) is 0 Å². The number of methoxy groups -OCH3 is 1. The van der Waals surface area contributed by atoms with Crippen LogP contribution in [0.5, 0.6) is 0 Å². The molecule has 0 bridgehead atoms. The third kappa shape index (κ3) is 3.56. The molecule has 0 aliphatic heterocycles. The zero-order valence-electron chi connectivity index (χ0n) is 9.79. The number of nitrogens with zero attached hydrogens (tertiary/aromatic N) is 1. The van der Waals surface area contributed by atoms with Gasteiger partial charge in [-0.3, -0.25) is 0 Å². The second-order valence-electron chi connectivity index (χ2n) is 3.34. The molecule has 1 aromatic carbocycles. The molecular formula is C11H14N4O3. The number of rotatable bonds is 4. The Morgan fingerprint density at radius 1 is 1.33 bits per heavy atom. The van der Waals surface area contributed by atoms with E-state index in [-0.39, 0.29) is 5.71 Å². The van der Waals surface area contributed by atoms with E-state index >= 15 is 0 Å². The van der Waals surface area contributed by atoms with Gasteiger partial charge in [0.2, 0.25) is 0 Å². The maximum atomic E-state index is 11.4. The third-order valence-corrected chi connectivity index (χ3v) is 2.11. The first-order chi connectivity index (χ1) is 8.56. The molecule has 0 heterocycles. The van der Waals surface area contributed by atoms with Crippen molar-refractivity contribution in [2.24, 2.45) is 16.6 Å². The number of primary amides is 1. The van der Waals surface area contributed by atoms with Crippen molar-refractivity contribution in [3.8, 4) is 0 Å². The van der Waals surface area contributed by atoms with Crippen LogP contribution in [0.2, 0.25) is 0 Å². The second kappa shape index (κ2) is 6.36. The quantitative estimate of drug-likeness (QED) is 0.381. The molecular weight excluding hydrogens is 236 g/mol. The number of esters is 1. The first-order valence-electron chi connectivity index (χ1n) is 5.08. The van der Waals surface area contributed by atoms with Crippen molar-refractivity contribution in [3.63, 3.8) is 0 Å². The van der Waals surface area contributed by atoms with Crippen LogP contribution in [0.15, 0.2) is 35.4 Å². The Balaban J connectivity index is 3.07. The molecule has 0 spiro atoms. The summed E-state index contributed by atoms with van der Waals surface area (Å²) in [6, 6.07) is 6.74. The summed E-state index contributed by atoms with van der Waals surface area (Å²) in [5.74, 6) is -0.663. The minimum atomic E-state index is -1.11. The van der Waals surface area contributed by atoms with E-state index in [1.54, 1.807) is 30.3 Å². The van der Waals surface area contributed by atoms with E-state index in [1.165, 1.54) is 7.11 Å². The molecule has 7 nitrogen and oxygen atoms in total. The number of hydrogen-bond acceptors (Lipinski definition) is 5. The highest BCUT2D eigenvalue weighted by Gasteiger charge is 2.22. The van der Waals surface area contributed by atoms with Gasteiger partial charge in [-0.15, -0.1) is 0 Å². The minimum absolute atomic E-state index is 0.168. The van der Waals surface area contributed by atoms with Crippen molar-refractivity contribution in [3.05, 3.63) is 35.9 Å². The molecule has 18 heavy (non-hydrogen) atoms. The topological polar surface area (TPSA) is 120 Å². The largest absolute Gasteiger partial charge is 0.468 e. The molecule has 1 unspecified atom stereocenters. The number of nitrogens with one attached hydrogen (secondary N) is 1. The van der Waals surface area contributed by atoms with Crippen LogP contribution >= 0.6 is 0 Å². The number of carbonyl (C=O) groups is 2. The maximum absolute atomic E-state index is 11.4. The molecule has 5 N–H and O–H groups in total. The van der Waals surface area contributed by atoms with Gasteiger partial charge in [0, 0.05) is 0 Å². The van der Waals surface area contributed by atoms with Crippen molar-refractivity contribution in [1.82, 2.24) is 5.43 Å². The molecule has 0 aliphatic rings. The summed E-state index contributed by atoms with van der Waals surface area (Å²) in [4.78, 5) is 22.0. The average molecular weight is 250 g/mol. The molecule has 2 amide bonds. The van der Waals surface area contributed by atoms with E-state index in [1.807, 2.05) is 5.43 Å². The first-order valence-corrected chi connectivity index (χ1v) is 5.08. The van der Waals surface area contributed by atoms with Gasteiger partial charge in [-0.25, -0.2) is 15.0 Å². The highest BCUT2D eigenvalue weighted by Crippen LogP contribution is 2.04. The summed E-state index contributed by atoms with van der Waals surface area (Å²) in [7, 11) is 1.21. The van der Waals surface area contributed by atoms with Gasteiger partial charge in [0.15, 0.2) is 0 Å². The van der Waals surface area contributed by atoms with Crippen molar-refractivity contribution >= 4 is 17.7 Å². The number of hydrazone groups is 1. The Morgan fingerprint density at radius 3 is 2.44 bits per heavy atom. The monoisotopic (exact) mass is 250 g/mol. The van der Waals surface area contributed by atoms with Crippen LogP contribution in [0, 0.1) is 0 Å². The third-order valence-electron chi connectivity index (χ3n) is 2.11. The molecule has 1 atom stereocenters. The summed E-state index contributed by atoms with van der Waals surface area (Å²) in [6.07, 6.45) is 0. The molecule has 0 saturated heterocycles. The molecule has 0 fully saturated rings. The fourth-order valence-electron chi connectivity index (χ4n) is 1.28. The van der Waals surface area contributed by atoms with Gasteiger partial charge in [0.25, 0.3) is 0 Å². The van der Waals surface area contributed by atoms with Crippen LogP contribution < -0.4 is 16.9 Å². The lowest BCUT2D eigenvalue weighted by molar-refractivity contribution is -0.140. The predicted octanol–water partition coefficient (Wildman–Crippen LogP) is -0.441. The summed E-state index contributed by atoms with van der Waals surface area (Å²) in [5, 5.41) is 3.73. The first kappa shape index (κ1) is 13.7. The Morgan fingerprint density at radius 2 is 1.94 bits per heavy atom. The van der Waals surface area contributed by atoms with Crippen molar-refractivity contribution < 1.29 is 14.3 Å². The second-order valence-corrected chi connectivity index (χ2v) is 3.34. The molecule has 0 aromatic heterocycles. The van der Waals surface area contributed by atoms with Gasteiger partial charge < -0.3 is 16.2 Å². The lowest BCUT2D eigenvalue weighted by Crippen LogP contribution is -2.41. The number of benzene rings is 1. The lowest BCUT2D eigenvalue weighted by Gasteiger charge is -2.12. The number of urea groups is 1. The van der Waals surface area contributed by atoms with E-state index in [9.17, 15) is 9.59 Å². The van der Waals surface area contributed by atoms with Gasteiger partial charge in [-0.05, 0) is 5.56 Å². The molecule has 0 radical (unpaired) electrons. The SMILES string of the molecule is COC(=O)C(N)/C(=N/NC(N)=O)c1ccccc1. The Hall–Kier alpha value is -2.41.